The molecule has 1 rings (SSSR count). The summed E-state index contributed by atoms with van der Waals surface area (Å²) in [7, 11) is 0. The van der Waals surface area contributed by atoms with E-state index in [0.717, 1.165) is 5.56 Å². The van der Waals surface area contributed by atoms with Gasteiger partial charge in [-0.3, -0.25) is 4.79 Å². The van der Waals surface area contributed by atoms with Crippen LogP contribution in [0.5, 0.6) is 0 Å². The SMILES string of the molecule is CCOC(=O)Cc1ccc(CN)c(S)c1C#N. The van der Waals surface area contributed by atoms with Crippen molar-refractivity contribution in [1.82, 2.24) is 0 Å². The van der Waals surface area contributed by atoms with Gasteiger partial charge in [0.25, 0.3) is 0 Å². The third-order valence-corrected chi connectivity index (χ3v) is 2.83. The number of rotatable bonds is 4. The first-order chi connectivity index (χ1) is 8.13. The Morgan fingerprint density at radius 2 is 2.18 bits per heavy atom. The lowest BCUT2D eigenvalue weighted by Gasteiger charge is -2.09. The predicted molar refractivity (Wildman–Crippen MR) is 66.6 cm³/mol. The zero-order chi connectivity index (χ0) is 12.8. The summed E-state index contributed by atoms with van der Waals surface area (Å²) in [6.07, 6.45) is 0.0785. The van der Waals surface area contributed by atoms with Crippen LogP contribution in [-0.4, -0.2) is 12.6 Å². The van der Waals surface area contributed by atoms with Crippen LogP contribution in [0.15, 0.2) is 17.0 Å². The van der Waals surface area contributed by atoms with Crippen molar-refractivity contribution in [2.24, 2.45) is 5.73 Å². The molecule has 0 saturated heterocycles. The highest BCUT2D eigenvalue weighted by Crippen LogP contribution is 2.22. The Morgan fingerprint density at radius 1 is 1.53 bits per heavy atom. The number of hydrogen-bond acceptors (Lipinski definition) is 5. The van der Waals surface area contributed by atoms with E-state index < -0.39 is 0 Å². The number of carbonyl (C=O) groups excluding carboxylic acids is 1. The molecule has 0 amide bonds. The average molecular weight is 250 g/mol. The maximum atomic E-state index is 11.4. The molecule has 0 saturated carbocycles. The molecule has 0 heterocycles. The normalized spacial score (nSPS) is 9.76. The van der Waals surface area contributed by atoms with E-state index in [-0.39, 0.29) is 12.4 Å². The molecule has 0 aliphatic rings. The van der Waals surface area contributed by atoms with E-state index in [1.807, 2.05) is 6.07 Å². The fourth-order valence-corrected chi connectivity index (χ4v) is 1.84. The Balaban J connectivity index is 3.06. The number of esters is 1. The molecular formula is C12H14N2O2S. The lowest BCUT2D eigenvalue weighted by Crippen LogP contribution is -2.10. The van der Waals surface area contributed by atoms with Crippen LogP contribution in [0.2, 0.25) is 0 Å². The van der Waals surface area contributed by atoms with Crippen LogP contribution in [0, 0.1) is 11.3 Å². The van der Waals surface area contributed by atoms with Crippen LogP contribution in [0.4, 0.5) is 0 Å². The van der Waals surface area contributed by atoms with Crippen LogP contribution < -0.4 is 5.73 Å². The second-order valence-corrected chi connectivity index (χ2v) is 3.85. The number of nitrogens with two attached hydrogens (primary N) is 1. The molecule has 90 valence electrons. The van der Waals surface area contributed by atoms with E-state index in [1.54, 1.807) is 19.1 Å². The Bertz CT molecular complexity index is 466. The summed E-state index contributed by atoms with van der Waals surface area (Å²) in [5.41, 5.74) is 7.32. The van der Waals surface area contributed by atoms with E-state index in [4.69, 9.17) is 15.7 Å². The van der Waals surface area contributed by atoms with E-state index in [9.17, 15) is 4.79 Å². The van der Waals surface area contributed by atoms with Crippen LogP contribution in [0.3, 0.4) is 0 Å². The van der Waals surface area contributed by atoms with Gasteiger partial charge in [0.1, 0.15) is 6.07 Å². The standard InChI is InChI=1S/C12H14N2O2S/c1-2-16-11(15)5-8-3-4-9(6-13)12(17)10(8)7-14/h3-4,17H,2,5-6,13H2,1H3. The average Bonchev–Trinajstić information content (AvgIpc) is 2.30. The molecule has 1 aromatic carbocycles. The Labute approximate surface area is 106 Å². The van der Waals surface area contributed by atoms with Gasteiger partial charge in [-0.25, -0.2) is 0 Å². The van der Waals surface area contributed by atoms with Gasteiger partial charge in [-0.05, 0) is 18.1 Å². The van der Waals surface area contributed by atoms with Gasteiger partial charge in [-0.1, -0.05) is 12.1 Å². The minimum Gasteiger partial charge on any atom is -0.466 e. The van der Waals surface area contributed by atoms with Gasteiger partial charge in [-0.2, -0.15) is 5.26 Å². The smallest absolute Gasteiger partial charge is 0.310 e. The van der Waals surface area contributed by atoms with Crippen molar-refractivity contribution < 1.29 is 9.53 Å². The fourth-order valence-electron chi connectivity index (χ4n) is 1.48. The Kier molecular flexibility index (Phi) is 5.01. The fraction of sp³-hybridized carbons (Fsp3) is 0.333. The van der Waals surface area contributed by atoms with Crippen LogP contribution in [0.1, 0.15) is 23.6 Å². The topological polar surface area (TPSA) is 76.1 Å². The molecule has 0 unspecified atom stereocenters. The van der Waals surface area contributed by atoms with Gasteiger partial charge >= 0.3 is 5.97 Å². The lowest BCUT2D eigenvalue weighted by atomic mass is 10.0. The molecule has 17 heavy (non-hydrogen) atoms. The predicted octanol–water partition coefficient (Wildman–Crippen LogP) is 1.41. The zero-order valence-electron chi connectivity index (χ0n) is 9.56. The second kappa shape index (κ2) is 6.28. The molecule has 0 aliphatic carbocycles. The van der Waals surface area contributed by atoms with Gasteiger partial charge in [0, 0.05) is 11.4 Å². The first kappa shape index (κ1) is 13.6. The van der Waals surface area contributed by atoms with Gasteiger partial charge in [0.05, 0.1) is 18.6 Å². The molecule has 0 spiro atoms. The van der Waals surface area contributed by atoms with Crippen molar-refractivity contribution in [3.63, 3.8) is 0 Å². The highest BCUT2D eigenvalue weighted by Gasteiger charge is 2.13. The third kappa shape index (κ3) is 3.22. The van der Waals surface area contributed by atoms with Crippen molar-refractivity contribution in [2.75, 3.05) is 6.61 Å². The molecule has 0 fully saturated rings. The zero-order valence-corrected chi connectivity index (χ0v) is 10.5. The van der Waals surface area contributed by atoms with E-state index >= 15 is 0 Å². The third-order valence-electron chi connectivity index (χ3n) is 2.32. The number of hydrogen-bond donors (Lipinski definition) is 2. The summed E-state index contributed by atoms with van der Waals surface area (Å²) in [4.78, 5) is 11.9. The molecule has 2 N–H and O–H groups in total. The Hall–Kier alpha value is -1.51. The largest absolute Gasteiger partial charge is 0.466 e. The monoisotopic (exact) mass is 250 g/mol. The molecule has 0 aliphatic heterocycles. The molecule has 0 bridgehead atoms. The first-order valence-corrected chi connectivity index (χ1v) is 5.68. The molecule has 0 aromatic heterocycles. The van der Waals surface area contributed by atoms with Crippen LogP contribution >= 0.6 is 12.6 Å². The number of nitrogens with zero attached hydrogens (tertiary/aromatic N) is 1. The summed E-state index contributed by atoms with van der Waals surface area (Å²) in [5.74, 6) is -0.350. The molecule has 4 nitrogen and oxygen atoms in total. The number of ether oxygens (including phenoxy) is 1. The van der Waals surface area contributed by atoms with Gasteiger partial charge < -0.3 is 10.5 Å². The first-order valence-electron chi connectivity index (χ1n) is 5.23. The quantitative estimate of drug-likeness (QED) is 0.626. The number of benzene rings is 1. The highest BCUT2D eigenvalue weighted by atomic mass is 32.1. The summed E-state index contributed by atoms with van der Waals surface area (Å²) in [5, 5.41) is 9.07. The summed E-state index contributed by atoms with van der Waals surface area (Å²) in [6.45, 7) is 2.38. The summed E-state index contributed by atoms with van der Waals surface area (Å²) < 4.78 is 4.84. The number of thiol groups is 1. The van der Waals surface area contributed by atoms with E-state index in [0.29, 0.717) is 29.2 Å². The lowest BCUT2D eigenvalue weighted by molar-refractivity contribution is -0.142. The highest BCUT2D eigenvalue weighted by molar-refractivity contribution is 7.80. The summed E-state index contributed by atoms with van der Waals surface area (Å²) in [6, 6.07) is 5.54. The van der Waals surface area contributed by atoms with Crippen molar-refractivity contribution in [3.8, 4) is 6.07 Å². The minimum atomic E-state index is -0.350. The molecule has 0 radical (unpaired) electrons. The minimum absolute atomic E-state index is 0.0785. The van der Waals surface area contributed by atoms with Crippen molar-refractivity contribution in [3.05, 3.63) is 28.8 Å². The number of nitriles is 1. The maximum Gasteiger partial charge on any atom is 0.310 e. The van der Waals surface area contributed by atoms with Crippen molar-refractivity contribution in [1.29, 1.82) is 5.26 Å². The van der Waals surface area contributed by atoms with E-state index in [1.165, 1.54) is 0 Å². The summed E-state index contributed by atoms with van der Waals surface area (Å²) >= 11 is 4.26. The molecule has 1 aromatic rings. The molecule has 0 atom stereocenters. The van der Waals surface area contributed by atoms with Crippen LogP contribution in [0.25, 0.3) is 0 Å². The number of carbonyl (C=O) groups is 1. The maximum absolute atomic E-state index is 11.4. The van der Waals surface area contributed by atoms with Crippen molar-refractivity contribution in [2.45, 2.75) is 24.8 Å². The Morgan fingerprint density at radius 3 is 2.71 bits per heavy atom. The van der Waals surface area contributed by atoms with Crippen LogP contribution in [-0.2, 0) is 22.5 Å². The van der Waals surface area contributed by atoms with Gasteiger partial charge in [0.15, 0.2) is 0 Å². The second-order valence-electron chi connectivity index (χ2n) is 3.41. The van der Waals surface area contributed by atoms with Gasteiger partial charge in [0.2, 0.25) is 0 Å². The van der Waals surface area contributed by atoms with Crippen molar-refractivity contribution >= 4 is 18.6 Å². The molecule has 5 heteroatoms. The van der Waals surface area contributed by atoms with Gasteiger partial charge in [-0.15, -0.1) is 12.6 Å². The van der Waals surface area contributed by atoms with E-state index in [2.05, 4.69) is 12.6 Å². The molecular weight excluding hydrogens is 236 g/mol.